The largest absolute Gasteiger partial charge is 0.382 e. The molecule has 0 saturated carbocycles. The van der Waals surface area contributed by atoms with Gasteiger partial charge in [-0.05, 0) is 19.1 Å². The number of rotatable bonds is 1. The number of pyridine rings is 1. The minimum atomic E-state index is 0.559. The van der Waals surface area contributed by atoms with E-state index in [-0.39, 0.29) is 0 Å². The molecule has 4 heteroatoms. The third-order valence-electron chi connectivity index (χ3n) is 1.85. The maximum absolute atomic E-state index is 5.63. The molecule has 2 aromatic heterocycles. The minimum Gasteiger partial charge on any atom is -0.382 e. The first-order valence-electron chi connectivity index (χ1n) is 3.99. The van der Waals surface area contributed by atoms with Crippen LogP contribution in [0.1, 0.15) is 5.56 Å². The standard InChI is InChI=1S/C9H10N4/c1-7-6-13(12-9(7)10)8-3-2-4-11-5-8/h2-6H,1H3,(H2,10,12). The molecular weight excluding hydrogens is 164 g/mol. The molecule has 0 aliphatic carbocycles. The highest BCUT2D eigenvalue weighted by Gasteiger charge is 2.01. The van der Waals surface area contributed by atoms with Gasteiger partial charge in [-0.2, -0.15) is 5.10 Å². The first kappa shape index (κ1) is 7.79. The van der Waals surface area contributed by atoms with Crippen LogP contribution in [0.25, 0.3) is 5.69 Å². The molecule has 0 saturated heterocycles. The van der Waals surface area contributed by atoms with Crippen LogP contribution in [-0.4, -0.2) is 14.8 Å². The number of nitrogens with two attached hydrogens (primary N) is 1. The van der Waals surface area contributed by atoms with Gasteiger partial charge < -0.3 is 5.73 Å². The number of anilines is 1. The van der Waals surface area contributed by atoms with Crippen LogP contribution < -0.4 is 5.73 Å². The fraction of sp³-hybridized carbons (Fsp3) is 0.111. The van der Waals surface area contributed by atoms with E-state index >= 15 is 0 Å². The van der Waals surface area contributed by atoms with Crippen LogP contribution in [0.2, 0.25) is 0 Å². The Labute approximate surface area is 76.0 Å². The van der Waals surface area contributed by atoms with Crippen LogP contribution in [0, 0.1) is 6.92 Å². The zero-order valence-corrected chi connectivity index (χ0v) is 7.31. The Morgan fingerprint density at radius 3 is 2.85 bits per heavy atom. The normalized spacial score (nSPS) is 10.2. The van der Waals surface area contributed by atoms with Crippen molar-refractivity contribution in [2.45, 2.75) is 6.92 Å². The topological polar surface area (TPSA) is 56.7 Å². The van der Waals surface area contributed by atoms with Gasteiger partial charge in [-0.25, -0.2) is 4.68 Å². The summed E-state index contributed by atoms with van der Waals surface area (Å²) in [6.07, 6.45) is 5.35. The lowest BCUT2D eigenvalue weighted by atomic mass is 10.4. The van der Waals surface area contributed by atoms with Gasteiger partial charge in [0.05, 0.1) is 11.9 Å². The van der Waals surface area contributed by atoms with E-state index in [1.807, 2.05) is 25.3 Å². The first-order chi connectivity index (χ1) is 6.27. The molecule has 2 N–H and O–H groups in total. The Hall–Kier alpha value is -1.84. The predicted octanol–water partition coefficient (Wildman–Crippen LogP) is 1.16. The van der Waals surface area contributed by atoms with E-state index in [0.29, 0.717) is 5.82 Å². The highest BCUT2D eigenvalue weighted by atomic mass is 15.3. The molecule has 0 radical (unpaired) electrons. The molecule has 66 valence electrons. The molecule has 0 aromatic carbocycles. The third-order valence-corrected chi connectivity index (χ3v) is 1.85. The lowest BCUT2D eigenvalue weighted by Crippen LogP contribution is -1.96. The highest BCUT2D eigenvalue weighted by Crippen LogP contribution is 2.11. The van der Waals surface area contributed by atoms with Crippen molar-refractivity contribution >= 4 is 5.82 Å². The van der Waals surface area contributed by atoms with Crippen LogP contribution in [0.15, 0.2) is 30.7 Å². The van der Waals surface area contributed by atoms with Crippen molar-refractivity contribution in [1.29, 1.82) is 0 Å². The molecule has 0 aliphatic heterocycles. The second-order valence-electron chi connectivity index (χ2n) is 2.85. The van der Waals surface area contributed by atoms with Gasteiger partial charge in [0.1, 0.15) is 5.82 Å². The molecular formula is C9H10N4. The molecule has 4 nitrogen and oxygen atoms in total. The molecule has 0 bridgehead atoms. The molecule has 0 fully saturated rings. The minimum absolute atomic E-state index is 0.559. The predicted molar refractivity (Wildman–Crippen MR) is 50.5 cm³/mol. The summed E-state index contributed by atoms with van der Waals surface area (Å²) in [5, 5.41) is 4.13. The van der Waals surface area contributed by atoms with E-state index in [4.69, 9.17) is 5.73 Å². The zero-order chi connectivity index (χ0) is 9.26. The summed E-state index contributed by atoms with van der Waals surface area (Å²) in [6.45, 7) is 1.93. The van der Waals surface area contributed by atoms with Crippen molar-refractivity contribution in [2.75, 3.05) is 5.73 Å². The van der Waals surface area contributed by atoms with E-state index in [2.05, 4.69) is 10.1 Å². The summed E-state index contributed by atoms with van der Waals surface area (Å²) in [4.78, 5) is 4.00. The van der Waals surface area contributed by atoms with Gasteiger partial charge in [-0.3, -0.25) is 4.98 Å². The highest BCUT2D eigenvalue weighted by molar-refractivity contribution is 5.39. The lowest BCUT2D eigenvalue weighted by molar-refractivity contribution is 0.878. The van der Waals surface area contributed by atoms with Gasteiger partial charge in [-0.15, -0.1) is 0 Å². The Kier molecular flexibility index (Phi) is 1.73. The van der Waals surface area contributed by atoms with E-state index in [1.54, 1.807) is 17.1 Å². The summed E-state index contributed by atoms with van der Waals surface area (Å²) < 4.78 is 1.72. The van der Waals surface area contributed by atoms with Crippen LogP contribution in [0.3, 0.4) is 0 Å². The fourth-order valence-electron chi connectivity index (χ4n) is 1.09. The van der Waals surface area contributed by atoms with Crippen molar-refractivity contribution in [3.8, 4) is 5.69 Å². The Morgan fingerprint density at radius 2 is 2.31 bits per heavy atom. The van der Waals surface area contributed by atoms with Gasteiger partial charge in [0, 0.05) is 18.0 Å². The van der Waals surface area contributed by atoms with Crippen LogP contribution in [0.5, 0.6) is 0 Å². The van der Waals surface area contributed by atoms with E-state index in [9.17, 15) is 0 Å². The molecule has 13 heavy (non-hydrogen) atoms. The quantitative estimate of drug-likeness (QED) is 0.705. The maximum Gasteiger partial charge on any atom is 0.148 e. The molecule has 2 rings (SSSR count). The summed E-state index contributed by atoms with van der Waals surface area (Å²) in [6, 6.07) is 3.79. The van der Waals surface area contributed by atoms with Gasteiger partial charge in [-0.1, -0.05) is 0 Å². The third kappa shape index (κ3) is 1.38. The molecule has 0 amide bonds. The van der Waals surface area contributed by atoms with Crippen molar-refractivity contribution < 1.29 is 0 Å². The van der Waals surface area contributed by atoms with Crippen molar-refractivity contribution in [3.05, 3.63) is 36.3 Å². The van der Waals surface area contributed by atoms with Gasteiger partial charge in [0.15, 0.2) is 0 Å². The average Bonchev–Trinajstić information content (AvgIpc) is 2.49. The second kappa shape index (κ2) is 2.90. The number of hydrogen-bond donors (Lipinski definition) is 1. The van der Waals surface area contributed by atoms with Crippen LogP contribution in [-0.2, 0) is 0 Å². The molecule has 2 heterocycles. The second-order valence-corrected chi connectivity index (χ2v) is 2.85. The molecule has 0 aliphatic rings. The molecule has 2 aromatic rings. The summed E-state index contributed by atoms with van der Waals surface area (Å²) in [5.74, 6) is 0.559. The number of nitrogens with zero attached hydrogens (tertiary/aromatic N) is 3. The average molecular weight is 174 g/mol. The Morgan fingerprint density at radius 1 is 1.46 bits per heavy atom. The molecule has 0 unspecified atom stereocenters. The summed E-state index contributed by atoms with van der Waals surface area (Å²) in [7, 11) is 0. The van der Waals surface area contributed by atoms with Gasteiger partial charge in [0.2, 0.25) is 0 Å². The summed E-state index contributed by atoms with van der Waals surface area (Å²) in [5.41, 5.74) is 7.52. The van der Waals surface area contributed by atoms with E-state index in [0.717, 1.165) is 11.3 Å². The zero-order valence-electron chi connectivity index (χ0n) is 7.31. The van der Waals surface area contributed by atoms with E-state index < -0.39 is 0 Å². The van der Waals surface area contributed by atoms with E-state index in [1.165, 1.54) is 0 Å². The smallest absolute Gasteiger partial charge is 0.148 e. The van der Waals surface area contributed by atoms with Crippen molar-refractivity contribution in [2.24, 2.45) is 0 Å². The number of nitrogen functional groups attached to an aromatic ring is 1. The SMILES string of the molecule is Cc1cn(-c2cccnc2)nc1N. The lowest BCUT2D eigenvalue weighted by Gasteiger charge is -1.97. The van der Waals surface area contributed by atoms with Crippen LogP contribution in [0.4, 0.5) is 5.82 Å². The molecule has 0 atom stereocenters. The van der Waals surface area contributed by atoms with Crippen molar-refractivity contribution in [3.63, 3.8) is 0 Å². The van der Waals surface area contributed by atoms with Crippen molar-refractivity contribution in [1.82, 2.24) is 14.8 Å². The van der Waals surface area contributed by atoms with Gasteiger partial charge in [0.25, 0.3) is 0 Å². The molecule has 0 spiro atoms. The first-order valence-corrected chi connectivity index (χ1v) is 3.99. The number of aryl methyl sites for hydroxylation is 1. The Balaban J connectivity index is 2.48. The monoisotopic (exact) mass is 174 g/mol. The van der Waals surface area contributed by atoms with Gasteiger partial charge >= 0.3 is 0 Å². The number of aromatic nitrogens is 3. The van der Waals surface area contributed by atoms with Crippen LogP contribution >= 0.6 is 0 Å². The fourth-order valence-corrected chi connectivity index (χ4v) is 1.09. The Bertz CT molecular complexity index is 385. The summed E-state index contributed by atoms with van der Waals surface area (Å²) >= 11 is 0. The maximum atomic E-state index is 5.63. The number of hydrogen-bond acceptors (Lipinski definition) is 3.